The van der Waals surface area contributed by atoms with E-state index in [1.165, 1.54) is 14.2 Å². The van der Waals surface area contributed by atoms with Gasteiger partial charge in [0, 0.05) is 13.1 Å². The van der Waals surface area contributed by atoms with Gasteiger partial charge in [-0.3, -0.25) is 9.59 Å². The van der Waals surface area contributed by atoms with Gasteiger partial charge in [-0.2, -0.15) is 0 Å². The molecule has 1 heterocycles. The van der Waals surface area contributed by atoms with Crippen molar-refractivity contribution in [1.29, 1.82) is 0 Å². The lowest BCUT2D eigenvalue weighted by molar-refractivity contribution is -0.131. The minimum atomic E-state index is -0.583. The predicted molar refractivity (Wildman–Crippen MR) is 82.3 cm³/mol. The summed E-state index contributed by atoms with van der Waals surface area (Å²) in [6, 6.07) is 4.53. The van der Waals surface area contributed by atoms with E-state index in [-0.39, 0.29) is 11.8 Å². The molecule has 120 valence electrons. The Morgan fingerprint density at radius 1 is 1.14 bits per heavy atom. The molecule has 0 aromatic heterocycles. The zero-order valence-electron chi connectivity index (χ0n) is 13.2. The zero-order chi connectivity index (χ0) is 16.1. The molecule has 2 amide bonds. The van der Waals surface area contributed by atoms with Gasteiger partial charge < -0.3 is 19.7 Å². The summed E-state index contributed by atoms with van der Waals surface area (Å²) in [5, 5.41) is 2.73. The standard InChI is InChI=1S/C16H22N2O4/c1-11(16(20)18-9-4-5-10-18)17-15(19)14-12(21-2)7-6-8-13(14)22-3/h6-8,11H,4-5,9-10H2,1-3H3,(H,17,19)/t11-/m0/s1. The fourth-order valence-corrected chi connectivity index (χ4v) is 2.62. The predicted octanol–water partition coefficient (Wildman–Crippen LogP) is 1.44. The average Bonchev–Trinajstić information content (AvgIpc) is 3.07. The molecule has 0 aliphatic carbocycles. The third-order valence-electron chi connectivity index (χ3n) is 3.79. The Bertz CT molecular complexity index is 531. The summed E-state index contributed by atoms with van der Waals surface area (Å²) < 4.78 is 10.4. The second kappa shape index (κ2) is 7.15. The van der Waals surface area contributed by atoms with Crippen molar-refractivity contribution in [2.75, 3.05) is 27.3 Å². The van der Waals surface area contributed by atoms with E-state index in [0.717, 1.165) is 25.9 Å². The summed E-state index contributed by atoms with van der Waals surface area (Å²) in [6.07, 6.45) is 2.04. The minimum absolute atomic E-state index is 0.0558. The second-order valence-electron chi connectivity index (χ2n) is 5.27. The molecule has 1 fully saturated rings. The largest absolute Gasteiger partial charge is 0.496 e. The number of hydrogen-bond acceptors (Lipinski definition) is 4. The normalized spacial score (nSPS) is 15.3. The van der Waals surface area contributed by atoms with E-state index in [1.54, 1.807) is 30.0 Å². The fourth-order valence-electron chi connectivity index (χ4n) is 2.62. The van der Waals surface area contributed by atoms with Crippen LogP contribution in [0.4, 0.5) is 0 Å². The third kappa shape index (κ3) is 3.32. The summed E-state index contributed by atoms with van der Waals surface area (Å²) in [4.78, 5) is 26.5. The molecule has 1 atom stereocenters. The Balaban J connectivity index is 2.13. The molecular weight excluding hydrogens is 284 g/mol. The Morgan fingerprint density at radius 3 is 2.18 bits per heavy atom. The van der Waals surface area contributed by atoms with Gasteiger partial charge in [0.05, 0.1) is 14.2 Å². The molecule has 1 aromatic carbocycles. The highest BCUT2D eigenvalue weighted by molar-refractivity contribution is 6.01. The van der Waals surface area contributed by atoms with E-state index in [4.69, 9.17) is 9.47 Å². The lowest BCUT2D eigenvalue weighted by Gasteiger charge is -2.22. The minimum Gasteiger partial charge on any atom is -0.496 e. The first-order chi connectivity index (χ1) is 10.6. The second-order valence-corrected chi connectivity index (χ2v) is 5.27. The van der Waals surface area contributed by atoms with Crippen molar-refractivity contribution in [1.82, 2.24) is 10.2 Å². The Hall–Kier alpha value is -2.24. The zero-order valence-corrected chi connectivity index (χ0v) is 13.2. The summed E-state index contributed by atoms with van der Waals surface area (Å²) in [6.45, 7) is 3.22. The molecule has 1 aliphatic rings. The Morgan fingerprint density at radius 2 is 1.68 bits per heavy atom. The van der Waals surface area contributed by atoms with Gasteiger partial charge in [0.25, 0.3) is 5.91 Å². The molecule has 0 unspecified atom stereocenters. The topological polar surface area (TPSA) is 67.9 Å². The maximum absolute atomic E-state index is 12.5. The van der Waals surface area contributed by atoms with Crippen molar-refractivity contribution in [3.63, 3.8) is 0 Å². The molecule has 22 heavy (non-hydrogen) atoms. The van der Waals surface area contributed by atoms with Crippen molar-refractivity contribution >= 4 is 11.8 Å². The van der Waals surface area contributed by atoms with E-state index in [2.05, 4.69) is 5.32 Å². The van der Waals surface area contributed by atoms with Crippen LogP contribution in [0.2, 0.25) is 0 Å². The number of benzene rings is 1. The Labute approximate surface area is 130 Å². The van der Waals surface area contributed by atoms with Crippen molar-refractivity contribution in [3.8, 4) is 11.5 Å². The maximum atomic E-state index is 12.5. The van der Waals surface area contributed by atoms with Crippen LogP contribution < -0.4 is 14.8 Å². The number of carbonyl (C=O) groups is 2. The van der Waals surface area contributed by atoms with Gasteiger partial charge in [-0.25, -0.2) is 0 Å². The summed E-state index contributed by atoms with van der Waals surface area (Å²) >= 11 is 0. The van der Waals surface area contributed by atoms with Gasteiger partial charge in [-0.15, -0.1) is 0 Å². The molecule has 6 heteroatoms. The van der Waals surface area contributed by atoms with Crippen LogP contribution in [-0.2, 0) is 4.79 Å². The molecule has 0 radical (unpaired) electrons. The molecule has 0 spiro atoms. The highest BCUT2D eigenvalue weighted by atomic mass is 16.5. The molecule has 0 bridgehead atoms. The number of methoxy groups -OCH3 is 2. The van der Waals surface area contributed by atoms with Crippen LogP contribution in [0.3, 0.4) is 0 Å². The van der Waals surface area contributed by atoms with Gasteiger partial charge in [0.15, 0.2) is 0 Å². The lowest BCUT2D eigenvalue weighted by atomic mass is 10.1. The molecule has 2 rings (SSSR count). The number of likely N-dealkylation sites (tertiary alicyclic amines) is 1. The number of ether oxygens (including phenoxy) is 2. The molecule has 1 saturated heterocycles. The molecule has 6 nitrogen and oxygen atoms in total. The Kier molecular flexibility index (Phi) is 5.25. The number of nitrogens with one attached hydrogen (secondary N) is 1. The van der Waals surface area contributed by atoms with E-state index >= 15 is 0 Å². The van der Waals surface area contributed by atoms with Crippen molar-refractivity contribution in [3.05, 3.63) is 23.8 Å². The maximum Gasteiger partial charge on any atom is 0.259 e. The molecule has 0 saturated carbocycles. The van der Waals surface area contributed by atoms with Gasteiger partial charge in [-0.1, -0.05) is 6.07 Å². The van der Waals surface area contributed by atoms with Crippen molar-refractivity contribution in [2.24, 2.45) is 0 Å². The average molecular weight is 306 g/mol. The van der Waals surface area contributed by atoms with Crippen LogP contribution in [0.15, 0.2) is 18.2 Å². The van der Waals surface area contributed by atoms with E-state index in [1.807, 2.05) is 0 Å². The number of hydrogen-bond donors (Lipinski definition) is 1. The molecule has 1 N–H and O–H groups in total. The third-order valence-corrected chi connectivity index (χ3v) is 3.79. The summed E-state index contributed by atoms with van der Waals surface area (Å²) in [5.74, 6) is 0.393. The van der Waals surface area contributed by atoms with Crippen LogP contribution in [0.1, 0.15) is 30.1 Å². The monoisotopic (exact) mass is 306 g/mol. The van der Waals surface area contributed by atoms with Gasteiger partial charge in [-0.05, 0) is 31.9 Å². The van der Waals surface area contributed by atoms with E-state index in [9.17, 15) is 9.59 Å². The molecular formula is C16H22N2O4. The number of carbonyl (C=O) groups excluding carboxylic acids is 2. The highest BCUT2D eigenvalue weighted by Crippen LogP contribution is 2.28. The quantitative estimate of drug-likeness (QED) is 0.894. The first kappa shape index (κ1) is 16.1. The van der Waals surface area contributed by atoms with Crippen molar-refractivity contribution in [2.45, 2.75) is 25.8 Å². The number of amides is 2. The summed E-state index contributed by atoms with van der Waals surface area (Å²) in [7, 11) is 2.98. The molecule has 1 aromatic rings. The highest BCUT2D eigenvalue weighted by Gasteiger charge is 2.26. The molecule has 1 aliphatic heterocycles. The van der Waals surface area contributed by atoms with Crippen LogP contribution >= 0.6 is 0 Å². The first-order valence-corrected chi connectivity index (χ1v) is 7.39. The van der Waals surface area contributed by atoms with Gasteiger partial charge >= 0.3 is 0 Å². The van der Waals surface area contributed by atoms with Crippen LogP contribution in [0.25, 0.3) is 0 Å². The van der Waals surface area contributed by atoms with Gasteiger partial charge in [0.1, 0.15) is 23.1 Å². The van der Waals surface area contributed by atoms with Crippen LogP contribution in [0.5, 0.6) is 11.5 Å². The van der Waals surface area contributed by atoms with E-state index in [0.29, 0.717) is 17.1 Å². The SMILES string of the molecule is COc1cccc(OC)c1C(=O)N[C@@H](C)C(=O)N1CCCC1. The first-order valence-electron chi connectivity index (χ1n) is 7.39. The smallest absolute Gasteiger partial charge is 0.259 e. The van der Waals surface area contributed by atoms with Crippen molar-refractivity contribution < 1.29 is 19.1 Å². The van der Waals surface area contributed by atoms with Gasteiger partial charge in [0.2, 0.25) is 5.91 Å². The lowest BCUT2D eigenvalue weighted by Crippen LogP contribution is -2.46. The van der Waals surface area contributed by atoms with Crippen LogP contribution in [-0.4, -0.2) is 50.1 Å². The summed E-state index contributed by atoms with van der Waals surface area (Å²) in [5.41, 5.74) is 0.300. The fraction of sp³-hybridized carbons (Fsp3) is 0.500. The number of rotatable bonds is 5. The van der Waals surface area contributed by atoms with Crippen LogP contribution in [0, 0.1) is 0 Å². The number of nitrogens with zero attached hydrogens (tertiary/aromatic N) is 1. The van der Waals surface area contributed by atoms with E-state index < -0.39 is 6.04 Å².